The molecule has 3 rings (SSSR count). The Morgan fingerprint density at radius 3 is 2.60 bits per heavy atom. The molecule has 1 heterocycles. The molecule has 25 heavy (non-hydrogen) atoms. The van der Waals surface area contributed by atoms with Gasteiger partial charge >= 0.3 is 5.97 Å². The van der Waals surface area contributed by atoms with E-state index < -0.39 is 11.8 Å². The Morgan fingerprint density at radius 2 is 1.96 bits per heavy atom. The van der Waals surface area contributed by atoms with E-state index in [4.69, 9.17) is 17.0 Å². The second kappa shape index (κ2) is 7.16. The Morgan fingerprint density at radius 1 is 1.24 bits per heavy atom. The largest absolute Gasteiger partial charge is 0.427 e. The zero-order valence-electron chi connectivity index (χ0n) is 13.1. The van der Waals surface area contributed by atoms with Crippen molar-refractivity contribution in [2.24, 2.45) is 0 Å². The highest BCUT2D eigenvalue weighted by molar-refractivity contribution is 8.27. The average molecular weight is 373 g/mol. The molecule has 0 aliphatic carbocycles. The van der Waals surface area contributed by atoms with Crippen LogP contribution in [-0.2, 0) is 9.59 Å². The standard InChI is InChI=1S/C18H12FNO3S2/c1-11(21)23-15-7-5-12(6-8-15)9-16-17(22)20(18(24)25-16)14-4-2-3-13(19)10-14/h2-10H,1H3/b16-9-. The number of anilines is 1. The summed E-state index contributed by atoms with van der Waals surface area (Å²) in [6, 6.07) is 12.5. The summed E-state index contributed by atoms with van der Waals surface area (Å²) in [5.41, 5.74) is 1.16. The molecule has 0 aromatic heterocycles. The number of carbonyl (C=O) groups excluding carboxylic acids is 2. The first-order valence-corrected chi connectivity index (χ1v) is 8.48. The van der Waals surface area contributed by atoms with Gasteiger partial charge < -0.3 is 4.74 Å². The van der Waals surface area contributed by atoms with Gasteiger partial charge in [-0.1, -0.05) is 42.2 Å². The number of amides is 1. The van der Waals surface area contributed by atoms with Gasteiger partial charge in [-0.2, -0.15) is 0 Å². The van der Waals surface area contributed by atoms with Crippen molar-refractivity contribution in [3.05, 3.63) is 64.8 Å². The van der Waals surface area contributed by atoms with Crippen molar-refractivity contribution in [2.75, 3.05) is 4.90 Å². The van der Waals surface area contributed by atoms with Crippen molar-refractivity contribution >= 4 is 51.9 Å². The molecule has 0 atom stereocenters. The van der Waals surface area contributed by atoms with E-state index in [-0.39, 0.29) is 5.91 Å². The molecule has 0 radical (unpaired) electrons. The molecular formula is C18H12FNO3S2. The van der Waals surface area contributed by atoms with Crippen molar-refractivity contribution in [2.45, 2.75) is 6.92 Å². The number of hydrogen-bond donors (Lipinski definition) is 0. The van der Waals surface area contributed by atoms with Gasteiger partial charge in [0.2, 0.25) is 0 Å². The minimum Gasteiger partial charge on any atom is -0.427 e. The number of rotatable bonds is 3. The third-order valence-corrected chi connectivity index (χ3v) is 4.60. The van der Waals surface area contributed by atoms with Crippen LogP contribution in [-0.4, -0.2) is 16.2 Å². The van der Waals surface area contributed by atoms with E-state index in [0.717, 1.165) is 17.3 Å². The fraction of sp³-hybridized carbons (Fsp3) is 0.0556. The van der Waals surface area contributed by atoms with Gasteiger partial charge in [-0.25, -0.2) is 4.39 Å². The Hall–Kier alpha value is -2.51. The molecule has 1 saturated heterocycles. The molecule has 1 aliphatic rings. The van der Waals surface area contributed by atoms with Crippen molar-refractivity contribution in [1.29, 1.82) is 0 Å². The van der Waals surface area contributed by atoms with Gasteiger partial charge in [-0.3, -0.25) is 14.5 Å². The van der Waals surface area contributed by atoms with Crippen LogP contribution in [0.4, 0.5) is 10.1 Å². The molecule has 0 N–H and O–H groups in total. The van der Waals surface area contributed by atoms with Gasteiger partial charge in [0, 0.05) is 6.92 Å². The van der Waals surface area contributed by atoms with E-state index in [1.807, 2.05) is 0 Å². The predicted molar refractivity (Wildman–Crippen MR) is 99.8 cm³/mol. The normalized spacial score (nSPS) is 15.8. The highest BCUT2D eigenvalue weighted by Gasteiger charge is 2.33. The van der Waals surface area contributed by atoms with Crippen LogP contribution < -0.4 is 9.64 Å². The number of thioether (sulfide) groups is 1. The first-order chi connectivity index (χ1) is 11.9. The maximum Gasteiger partial charge on any atom is 0.308 e. The van der Waals surface area contributed by atoms with Gasteiger partial charge in [0.05, 0.1) is 10.6 Å². The summed E-state index contributed by atoms with van der Waals surface area (Å²) in [5, 5.41) is 0. The Balaban J connectivity index is 1.84. The fourth-order valence-electron chi connectivity index (χ4n) is 2.25. The summed E-state index contributed by atoms with van der Waals surface area (Å²) in [6.07, 6.45) is 1.69. The lowest BCUT2D eigenvalue weighted by Gasteiger charge is -2.14. The molecule has 2 aromatic carbocycles. The zero-order valence-corrected chi connectivity index (χ0v) is 14.7. The Bertz CT molecular complexity index is 893. The second-order valence-electron chi connectivity index (χ2n) is 5.16. The fourth-order valence-corrected chi connectivity index (χ4v) is 3.55. The topological polar surface area (TPSA) is 46.6 Å². The summed E-state index contributed by atoms with van der Waals surface area (Å²) in [4.78, 5) is 25.3. The molecule has 7 heteroatoms. The van der Waals surface area contributed by atoms with Crippen LogP contribution in [0.15, 0.2) is 53.4 Å². The van der Waals surface area contributed by atoms with E-state index in [1.165, 1.54) is 30.0 Å². The molecule has 0 saturated carbocycles. The quantitative estimate of drug-likeness (QED) is 0.350. The highest BCUT2D eigenvalue weighted by Crippen LogP contribution is 2.36. The maximum absolute atomic E-state index is 13.4. The number of benzene rings is 2. The lowest BCUT2D eigenvalue weighted by Crippen LogP contribution is -2.27. The number of halogens is 1. The molecule has 1 fully saturated rings. The first kappa shape index (κ1) is 17.3. The number of hydrogen-bond acceptors (Lipinski definition) is 5. The van der Waals surface area contributed by atoms with E-state index in [9.17, 15) is 14.0 Å². The minimum atomic E-state index is -0.434. The van der Waals surface area contributed by atoms with E-state index in [1.54, 1.807) is 36.4 Å². The zero-order chi connectivity index (χ0) is 18.0. The molecule has 0 unspecified atom stereocenters. The lowest BCUT2D eigenvalue weighted by atomic mass is 10.2. The van der Waals surface area contributed by atoms with Gasteiger partial charge in [0.15, 0.2) is 4.32 Å². The Kier molecular flexibility index (Phi) is 4.96. The minimum absolute atomic E-state index is 0.301. The van der Waals surface area contributed by atoms with Crippen LogP contribution in [0.25, 0.3) is 6.08 Å². The molecule has 126 valence electrons. The van der Waals surface area contributed by atoms with Crippen molar-refractivity contribution in [3.8, 4) is 5.75 Å². The molecule has 4 nitrogen and oxygen atoms in total. The Labute approximate surface area is 153 Å². The summed E-state index contributed by atoms with van der Waals surface area (Å²) < 4.78 is 18.7. The monoisotopic (exact) mass is 373 g/mol. The third-order valence-electron chi connectivity index (χ3n) is 3.30. The highest BCUT2D eigenvalue weighted by atomic mass is 32.2. The van der Waals surface area contributed by atoms with Crippen molar-refractivity contribution in [1.82, 2.24) is 0 Å². The molecule has 2 aromatic rings. The molecular weight excluding hydrogens is 361 g/mol. The molecule has 0 bridgehead atoms. The maximum atomic E-state index is 13.4. The number of esters is 1. The average Bonchev–Trinajstić information content (AvgIpc) is 2.83. The summed E-state index contributed by atoms with van der Waals surface area (Å²) in [5.74, 6) is -0.707. The van der Waals surface area contributed by atoms with Crippen LogP contribution in [0, 0.1) is 5.82 Å². The summed E-state index contributed by atoms with van der Waals surface area (Å²) in [7, 11) is 0. The van der Waals surface area contributed by atoms with Crippen molar-refractivity contribution < 1.29 is 18.7 Å². The summed E-state index contributed by atoms with van der Waals surface area (Å²) >= 11 is 6.40. The van der Waals surface area contributed by atoms with E-state index >= 15 is 0 Å². The van der Waals surface area contributed by atoms with Crippen LogP contribution in [0.1, 0.15) is 12.5 Å². The van der Waals surface area contributed by atoms with Gasteiger partial charge in [-0.05, 0) is 42.0 Å². The summed E-state index contributed by atoms with van der Waals surface area (Å²) in [6.45, 7) is 1.33. The van der Waals surface area contributed by atoms with Crippen LogP contribution in [0.2, 0.25) is 0 Å². The van der Waals surface area contributed by atoms with E-state index in [0.29, 0.717) is 20.7 Å². The van der Waals surface area contributed by atoms with Crippen LogP contribution >= 0.6 is 24.0 Å². The molecule has 1 aliphatic heterocycles. The smallest absolute Gasteiger partial charge is 0.308 e. The van der Waals surface area contributed by atoms with Gasteiger partial charge in [0.1, 0.15) is 11.6 Å². The molecule has 1 amide bonds. The van der Waals surface area contributed by atoms with Gasteiger partial charge in [0.25, 0.3) is 5.91 Å². The third kappa shape index (κ3) is 3.94. The van der Waals surface area contributed by atoms with E-state index in [2.05, 4.69) is 0 Å². The van der Waals surface area contributed by atoms with Crippen molar-refractivity contribution in [3.63, 3.8) is 0 Å². The van der Waals surface area contributed by atoms with Crippen LogP contribution in [0.5, 0.6) is 5.75 Å². The number of nitrogens with zero attached hydrogens (tertiary/aromatic N) is 1. The first-order valence-electron chi connectivity index (χ1n) is 7.26. The number of thiocarbonyl (C=S) groups is 1. The number of carbonyl (C=O) groups is 2. The van der Waals surface area contributed by atoms with Crippen LogP contribution in [0.3, 0.4) is 0 Å². The van der Waals surface area contributed by atoms with Gasteiger partial charge in [-0.15, -0.1) is 0 Å². The SMILES string of the molecule is CC(=O)Oc1ccc(/C=C2\SC(=S)N(c3cccc(F)c3)C2=O)cc1. The number of ether oxygens (including phenoxy) is 1. The second-order valence-corrected chi connectivity index (χ2v) is 6.84. The predicted octanol–water partition coefficient (Wildman–Crippen LogP) is 4.16. The lowest BCUT2D eigenvalue weighted by molar-refractivity contribution is -0.131. The molecule has 0 spiro atoms.